The van der Waals surface area contributed by atoms with Crippen molar-refractivity contribution in [3.8, 4) is 17.2 Å². The van der Waals surface area contributed by atoms with E-state index in [1.54, 1.807) is 19.2 Å². The molecule has 7 heteroatoms. The first kappa shape index (κ1) is 22.0. The molecule has 2 heterocycles. The molecule has 0 bridgehead atoms. The number of methoxy groups -OCH3 is 1. The maximum atomic E-state index is 13.1. The van der Waals surface area contributed by atoms with E-state index < -0.39 is 17.9 Å². The second kappa shape index (κ2) is 9.19. The number of aliphatic carboxylic acids is 1. The average Bonchev–Trinajstić information content (AvgIpc) is 3.49. The predicted octanol–water partition coefficient (Wildman–Crippen LogP) is 4.15. The first-order valence-electron chi connectivity index (χ1n) is 11.1. The van der Waals surface area contributed by atoms with Gasteiger partial charge in [0.1, 0.15) is 5.75 Å². The van der Waals surface area contributed by atoms with Crippen LogP contribution in [0.3, 0.4) is 0 Å². The summed E-state index contributed by atoms with van der Waals surface area (Å²) in [6.07, 6.45) is 0. The van der Waals surface area contributed by atoms with Crippen LogP contribution in [-0.2, 0) is 4.79 Å². The number of likely N-dealkylation sites (tertiary alicyclic amines) is 1. The molecule has 2 aliphatic rings. The molecule has 34 heavy (non-hydrogen) atoms. The number of benzene rings is 3. The summed E-state index contributed by atoms with van der Waals surface area (Å²) >= 11 is 0. The van der Waals surface area contributed by atoms with Crippen molar-refractivity contribution < 1.29 is 28.9 Å². The fourth-order valence-corrected chi connectivity index (χ4v) is 4.97. The second-order valence-corrected chi connectivity index (χ2v) is 8.52. The third-order valence-electron chi connectivity index (χ3n) is 6.61. The molecule has 0 spiro atoms. The van der Waals surface area contributed by atoms with Crippen LogP contribution in [0.15, 0.2) is 72.8 Å². The van der Waals surface area contributed by atoms with Crippen LogP contribution in [0.4, 0.5) is 0 Å². The topological polar surface area (TPSA) is 85.3 Å². The van der Waals surface area contributed by atoms with Crippen LogP contribution in [0.1, 0.15) is 33.4 Å². The first-order valence-corrected chi connectivity index (χ1v) is 11.1. The number of fused-ring (bicyclic) bond motifs is 1. The number of rotatable bonds is 7. The molecule has 0 aliphatic carbocycles. The lowest BCUT2D eigenvalue weighted by Crippen LogP contribution is -2.32. The molecule has 3 aromatic rings. The Labute approximate surface area is 197 Å². The number of carbonyl (C=O) groups is 2. The Bertz CT molecular complexity index is 1190. The number of ketones is 1. The number of ether oxygens (including phenoxy) is 3. The van der Waals surface area contributed by atoms with E-state index in [1.165, 1.54) is 0 Å². The van der Waals surface area contributed by atoms with E-state index in [4.69, 9.17) is 14.2 Å². The molecule has 3 atom stereocenters. The summed E-state index contributed by atoms with van der Waals surface area (Å²) in [5.74, 6) is -0.0847. The minimum Gasteiger partial charge on any atom is -0.497 e. The van der Waals surface area contributed by atoms with E-state index in [0.717, 1.165) is 11.1 Å². The zero-order valence-corrected chi connectivity index (χ0v) is 18.7. The quantitative estimate of drug-likeness (QED) is 0.532. The summed E-state index contributed by atoms with van der Waals surface area (Å²) in [5, 5.41) is 10.3. The van der Waals surface area contributed by atoms with Crippen molar-refractivity contribution in [2.24, 2.45) is 5.92 Å². The van der Waals surface area contributed by atoms with Gasteiger partial charge in [0.25, 0.3) is 0 Å². The number of hydrogen-bond acceptors (Lipinski definition) is 6. The summed E-state index contributed by atoms with van der Waals surface area (Å²) in [4.78, 5) is 27.7. The van der Waals surface area contributed by atoms with Crippen molar-refractivity contribution in [2.45, 2.75) is 12.0 Å². The second-order valence-electron chi connectivity index (χ2n) is 8.52. The maximum absolute atomic E-state index is 13.1. The van der Waals surface area contributed by atoms with Crippen LogP contribution < -0.4 is 14.2 Å². The Morgan fingerprint density at radius 3 is 2.38 bits per heavy atom. The summed E-state index contributed by atoms with van der Waals surface area (Å²) < 4.78 is 16.2. The van der Waals surface area contributed by atoms with Gasteiger partial charge in [0, 0.05) is 24.1 Å². The largest absolute Gasteiger partial charge is 0.497 e. The highest BCUT2D eigenvalue weighted by Crippen LogP contribution is 2.47. The van der Waals surface area contributed by atoms with E-state index in [0.29, 0.717) is 29.4 Å². The van der Waals surface area contributed by atoms with Crippen LogP contribution in [0, 0.1) is 5.92 Å². The van der Waals surface area contributed by atoms with Crippen molar-refractivity contribution in [1.82, 2.24) is 4.90 Å². The van der Waals surface area contributed by atoms with Gasteiger partial charge in [-0.25, -0.2) is 0 Å². The molecular weight excluding hydrogens is 434 g/mol. The molecule has 1 N–H and O–H groups in total. The van der Waals surface area contributed by atoms with E-state index >= 15 is 0 Å². The molecule has 3 aromatic carbocycles. The third-order valence-corrected chi connectivity index (χ3v) is 6.61. The number of carboxylic acid groups (broad SMARTS) is 1. The Hall–Kier alpha value is -3.84. The van der Waals surface area contributed by atoms with Gasteiger partial charge in [-0.15, -0.1) is 0 Å². The lowest BCUT2D eigenvalue weighted by Gasteiger charge is -2.27. The van der Waals surface area contributed by atoms with Crippen LogP contribution in [0.5, 0.6) is 17.2 Å². The molecular formula is C27H25NO6. The zero-order chi connectivity index (χ0) is 23.7. The van der Waals surface area contributed by atoms with E-state index in [2.05, 4.69) is 0 Å². The van der Waals surface area contributed by atoms with Crippen molar-refractivity contribution >= 4 is 11.8 Å². The third kappa shape index (κ3) is 4.10. The fourth-order valence-electron chi connectivity index (χ4n) is 4.97. The normalized spacial score (nSPS) is 21.4. The summed E-state index contributed by atoms with van der Waals surface area (Å²) in [6.45, 7) is 0.690. The molecule has 0 unspecified atom stereocenters. The highest BCUT2D eigenvalue weighted by Gasteiger charge is 2.48. The molecule has 0 radical (unpaired) electrons. The number of carboxylic acids is 1. The van der Waals surface area contributed by atoms with Gasteiger partial charge in [0.15, 0.2) is 17.3 Å². The lowest BCUT2D eigenvalue weighted by atomic mass is 9.82. The van der Waals surface area contributed by atoms with Gasteiger partial charge in [0.2, 0.25) is 6.79 Å². The van der Waals surface area contributed by atoms with Gasteiger partial charge in [-0.2, -0.15) is 0 Å². The Kier molecular flexibility index (Phi) is 5.94. The number of hydrogen-bond donors (Lipinski definition) is 1. The molecule has 0 amide bonds. The molecule has 1 saturated heterocycles. The zero-order valence-electron chi connectivity index (χ0n) is 18.7. The van der Waals surface area contributed by atoms with E-state index in [1.807, 2.05) is 65.6 Å². The van der Waals surface area contributed by atoms with Crippen LogP contribution >= 0.6 is 0 Å². The SMILES string of the molecule is COc1ccc([C@@H]2[C@@H](C(=O)O)[C@@H](c3ccc4c(c3)OCO4)CN2CC(=O)c2ccccc2)cc1. The monoisotopic (exact) mass is 459 g/mol. The minimum atomic E-state index is -0.904. The molecule has 5 rings (SSSR count). The number of nitrogens with zero attached hydrogens (tertiary/aromatic N) is 1. The lowest BCUT2D eigenvalue weighted by molar-refractivity contribution is -0.143. The van der Waals surface area contributed by atoms with Gasteiger partial charge in [-0.1, -0.05) is 48.5 Å². The van der Waals surface area contributed by atoms with Crippen molar-refractivity contribution in [1.29, 1.82) is 0 Å². The highest BCUT2D eigenvalue weighted by atomic mass is 16.7. The van der Waals surface area contributed by atoms with Crippen molar-refractivity contribution in [3.63, 3.8) is 0 Å². The standard InChI is InChI=1S/C27H25NO6/c1-32-20-10-7-18(8-11-20)26-25(27(30)31)21(19-9-12-23-24(13-19)34-16-33-23)14-28(26)15-22(29)17-5-3-2-4-6-17/h2-13,21,25-26H,14-16H2,1H3,(H,30,31)/t21-,25+,26-/m1/s1. The Morgan fingerprint density at radius 2 is 1.68 bits per heavy atom. The first-order chi connectivity index (χ1) is 16.5. The van der Waals surface area contributed by atoms with Gasteiger partial charge < -0.3 is 19.3 Å². The van der Waals surface area contributed by atoms with Crippen molar-refractivity contribution in [3.05, 3.63) is 89.5 Å². The maximum Gasteiger partial charge on any atom is 0.309 e. The summed E-state index contributed by atoms with van der Waals surface area (Å²) in [6, 6.07) is 21.6. The predicted molar refractivity (Wildman–Crippen MR) is 125 cm³/mol. The Balaban J connectivity index is 1.53. The van der Waals surface area contributed by atoms with Crippen LogP contribution in [0.2, 0.25) is 0 Å². The minimum absolute atomic E-state index is 0.0467. The van der Waals surface area contributed by atoms with Gasteiger partial charge >= 0.3 is 5.97 Å². The highest BCUT2D eigenvalue weighted by molar-refractivity contribution is 5.97. The molecule has 2 aliphatic heterocycles. The van der Waals surface area contributed by atoms with Crippen LogP contribution in [0.25, 0.3) is 0 Å². The van der Waals surface area contributed by atoms with E-state index in [9.17, 15) is 14.7 Å². The molecule has 0 saturated carbocycles. The van der Waals surface area contributed by atoms with Gasteiger partial charge in [-0.3, -0.25) is 14.5 Å². The average molecular weight is 459 g/mol. The fraction of sp³-hybridized carbons (Fsp3) is 0.259. The summed E-state index contributed by atoms with van der Waals surface area (Å²) in [7, 11) is 1.59. The molecule has 7 nitrogen and oxygen atoms in total. The molecule has 1 fully saturated rings. The number of Topliss-reactive ketones (excluding diaryl/α,β-unsaturated/α-hetero) is 1. The Morgan fingerprint density at radius 1 is 0.971 bits per heavy atom. The van der Waals surface area contributed by atoms with Gasteiger partial charge in [0.05, 0.1) is 19.6 Å². The smallest absolute Gasteiger partial charge is 0.309 e. The molecule has 0 aromatic heterocycles. The van der Waals surface area contributed by atoms with Crippen molar-refractivity contribution in [2.75, 3.05) is 27.0 Å². The van der Waals surface area contributed by atoms with Gasteiger partial charge in [-0.05, 0) is 35.4 Å². The molecule has 174 valence electrons. The number of carbonyl (C=O) groups excluding carboxylic acids is 1. The van der Waals surface area contributed by atoms with E-state index in [-0.39, 0.29) is 25.0 Å². The van der Waals surface area contributed by atoms with Crippen LogP contribution in [-0.4, -0.2) is 48.8 Å². The summed E-state index contributed by atoms with van der Waals surface area (Å²) in [5.41, 5.74) is 2.29.